The smallest absolute Gasteiger partial charge is 0.220 e. The van der Waals surface area contributed by atoms with E-state index in [9.17, 15) is 9.18 Å². The maximum Gasteiger partial charge on any atom is 0.220 e. The van der Waals surface area contributed by atoms with Gasteiger partial charge in [-0.3, -0.25) is 4.79 Å². The molecule has 0 saturated carbocycles. The summed E-state index contributed by atoms with van der Waals surface area (Å²) in [6.07, 6.45) is 0.696. The molecule has 88 valence electrons. The topological polar surface area (TPSA) is 55.1 Å². The maximum absolute atomic E-state index is 13.2. The van der Waals surface area contributed by atoms with Crippen molar-refractivity contribution in [1.29, 1.82) is 0 Å². The molecule has 0 spiro atoms. The molecule has 1 aromatic carbocycles. The van der Waals surface area contributed by atoms with E-state index in [0.717, 1.165) is 0 Å². The molecule has 3 nitrogen and oxygen atoms in total. The van der Waals surface area contributed by atoms with Crippen LogP contribution in [0.4, 0.5) is 4.39 Å². The Labute approximate surface area is 94.8 Å². The van der Waals surface area contributed by atoms with Crippen LogP contribution in [0.25, 0.3) is 0 Å². The van der Waals surface area contributed by atoms with Gasteiger partial charge in [-0.2, -0.15) is 0 Å². The highest BCUT2D eigenvalue weighted by molar-refractivity contribution is 5.76. The van der Waals surface area contributed by atoms with E-state index in [0.29, 0.717) is 18.5 Å². The Hall–Kier alpha value is -1.42. The Morgan fingerprint density at radius 3 is 2.81 bits per heavy atom. The van der Waals surface area contributed by atoms with Crippen molar-refractivity contribution in [1.82, 2.24) is 5.32 Å². The maximum atomic E-state index is 13.2. The van der Waals surface area contributed by atoms with Gasteiger partial charge in [-0.05, 0) is 25.0 Å². The van der Waals surface area contributed by atoms with E-state index in [1.54, 1.807) is 18.2 Å². The van der Waals surface area contributed by atoms with E-state index < -0.39 is 0 Å². The van der Waals surface area contributed by atoms with Gasteiger partial charge < -0.3 is 11.1 Å². The quantitative estimate of drug-likeness (QED) is 0.790. The van der Waals surface area contributed by atoms with Gasteiger partial charge >= 0.3 is 0 Å². The summed E-state index contributed by atoms with van der Waals surface area (Å²) in [5.74, 6) is -0.358. The minimum absolute atomic E-state index is 0.0341. The fourth-order valence-corrected chi connectivity index (χ4v) is 1.36. The van der Waals surface area contributed by atoms with Gasteiger partial charge in [-0.25, -0.2) is 4.39 Å². The van der Waals surface area contributed by atoms with Crippen LogP contribution in [0.15, 0.2) is 24.3 Å². The summed E-state index contributed by atoms with van der Waals surface area (Å²) in [6.45, 7) is 2.24. The summed E-state index contributed by atoms with van der Waals surface area (Å²) in [5, 5.41) is 2.73. The molecule has 0 radical (unpaired) electrons. The number of amides is 1. The molecular formula is C12H17FN2O. The van der Waals surface area contributed by atoms with Crippen molar-refractivity contribution in [3.8, 4) is 0 Å². The molecule has 0 bridgehead atoms. The van der Waals surface area contributed by atoms with Gasteiger partial charge in [0.1, 0.15) is 5.82 Å². The van der Waals surface area contributed by atoms with E-state index in [1.165, 1.54) is 6.07 Å². The predicted octanol–water partition coefficient (Wildman–Crippen LogP) is 1.22. The minimum Gasteiger partial charge on any atom is -0.352 e. The molecule has 0 aliphatic rings. The zero-order valence-corrected chi connectivity index (χ0v) is 9.37. The highest BCUT2D eigenvalue weighted by Crippen LogP contribution is 2.08. The molecule has 1 amide bonds. The number of hydrogen-bond acceptors (Lipinski definition) is 2. The van der Waals surface area contributed by atoms with Crippen LogP contribution in [0, 0.1) is 5.82 Å². The molecule has 1 atom stereocenters. The summed E-state index contributed by atoms with van der Waals surface area (Å²) < 4.78 is 13.2. The Balaban J connectivity index is 2.40. The number of carbonyl (C=O) groups excluding carboxylic acids is 1. The van der Waals surface area contributed by atoms with Crippen molar-refractivity contribution in [2.75, 3.05) is 6.54 Å². The Morgan fingerprint density at radius 1 is 1.50 bits per heavy atom. The lowest BCUT2D eigenvalue weighted by atomic mass is 10.1. The lowest BCUT2D eigenvalue weighted by Gasteiger charge is -2.11. The van der Waals surface area contributed by atoms with Crippen molar-refractivity contribution in [3.63, 3.8) is 0 Å². The SMILES string of the molecule is C[C@H](CN)NC(=O)CCc1ccccc1F. The van der Waals surface area contributed by atoms with Crippen LogP contribution in [-0.4, -0.2) is 18.5 Å². The average molecular weight is 224 g/mol. The van der Waals surface area contributed by atoms with E-state index in [1.807, 2.05) is 6.92 Å². The number of hydrogen-bond donors (Lipinski definition) is 2. The van der Waals surface area contributed by atoms with Crippen molar-refractivity contribution < 1.29 is 9.18 Å². The largest absolute Gasteiger partial charge is 0.352 e. The molecule has 0 saturated heterocycles. The number of benzene rings is 1. The monoisotopic (exact) mass is 224 g/mol. The van der Waals surface area contributed by atoms with Crippen LogP contribution < -0.4 is 11.1 Å². The van der Waals surface area contributed by atoms with E-state index in [2.05, 4.69) is 5.32 Å². The molecule has 0 unspecified atom stereocenters. The summed E-state index contributed by atoms with van der Waals surface area (Å²) in [6, 6.07) is 6.45. The Kier molecular flexibility index (Phi) is 4.92. The van der Waals surface area contributed by atoms with Crippen LogP contribution in [0.1, 0.15) is 18.9 Å². The number of halogens is 1. The van der Waals surface area contributed by atoms with Crippen LogP contribution in [0.3, 0.4) is 0 Å². The third-order valence-electron chi connectivity index (χ3n) is 2.34. The number of nitrogens with one attached hydrogen (secondary N) is 1. The number of nitrogens with two attached hydrogens (primary N) is 1. The average Bonchev–Trinajstić information content (AvgIpc) is 2.28. The van der Waals surface area contributed by atoms with Crippen molar-refractivity contribution in [2.45, 2.75) is 25.8 Å². The summed E-state index contributed by atoms with van der Waals surface area (Å²) in [4.78, 5) is 11.4. The highest BCUT2D eigenvalue weighted by Gasteiger charge is 2.07. The fourth-order valence-electron chi connectivity index (χ4n) is 1.36. The second-order valence-corrected chi connectivity index (χ2v) is 3.80. The van der Waals surface area contributed by atoms with Crippen LogP contribution >= 0.6 is 0 Å². The summed E-state index contributed by atoms with van der Waals surface area (Å²) in [5.41, 5.74) is 5.94. The fraction of sp³-hybridized carbons (Fsp3) is 0.417. The predicted molar refractivity (Wildman–Crippen MR) is 61.4 cm³/mol. The van der Waals surface area contributed by atoms with E-state index >= 15 is 0 Å². The lowest BCUT2D eigenvalue weighted by molar-refractivity contribution is -0.121. The first kappa shape index (κ1) is 12.6. The minimum atomic E-state index is -0.262. The molecule has 0 aliphatic carbocycles. The van der Waals surface area contributed by atoms with Crippen LogP contribution in [0.5, 0.6) is 0 Å². The molecule has 0 fully saturated rings. The second kappa shape index (κ2) is 6.23. The third kappa shape index (κ3) is 3.98. The van der Waals surface area contributed by atoms with Gasteiger partial charge in [-0.15, -0.1) is 0 Å². The van der Waals surface area contributed by atoms with E-state index in [-0.39, 0.29) is 24.2 Å². The molecule has 1 aromatic rings. The summed E-state index contributed by atoms with van der Waals surface area (Å²) >= 11 is 0. The second-order valence-electron chi connectivity index (χ2n) is 3.80. The third-order valence-corrected chi connectivity index (χ3v) is 2.34. The van der Waals surface area contributed by atoms with Crippen LogP contribution in [0.2, 0.25) is 0 Å². The first-order valence-electron chi connectivity index (χ1n) is 5.36. The van der Waals surface area contributed by atoms with Crippen molar-refractivity contribution >= 4 is 5.91 Å². The Morgan fingerprint density at radius 2 is 2.19 bits per heavy atom. The molecule has 0 heterocycles. The molecule has 0 aromatic heterocycles. The van der Waals surface area contributed by atoms with Crippen LogP contribution in [-0.2, 0) is 11.2 Å². The van der Waals surface area contributed by atoms with Crippen molar-refractivity contribution in [2.24, 2.45) is 5.73 Å². The number of carbonyl (C=O) groups is 1. The Bertz CT molecular complexity index is 355. The molecule has 4 heteroatoms. The molecule has 16 heavy (non-hydrogen) atoms. The van der Waals surface area contributed by atoms with Gasteiger partial charge in [0.05, 0.1) is 0 Å². The molecule has 1 rings (SSSR count). The zero-order chi connectivity index (χ0) is 12.0. The highest BCUT2D eigenvalue weighted by atomic mass is 19.1. The first-order chi connectivity index (χ1) is 7.63. The molecular weight excluding hydrogens is 207 g/mol. The van der Waals surface area contributed by atoms with Crippen molar-refractivity contribution in [3.05, 3.63) is 35.6 Å². The standard InChI is InChI=1S/C12H17FN2O/c1-9(8-14)15-12(16)7-6-10-4-2-3-5-11(10)13/h2-5,9H,6-8,14H2,1H3,(H,15,16)/t9-/m1/s1. The zero-order valence-electron chi connectivity index (χ0n) is 9.37. The molecule has 3 N–H and O–H groups in total. The molecule has 0 aliphatic heterocycles. The summed E-state index contributed by atoms with van der Waals surface area (Å²) in [7, 11) is 0. The first-order valence-corrected chi connectivity index (χ1v) is 5.36. The normalized spacial score (nSPS) is 12.2. The van der Waals surface area contributed by atoms with Gasteiger partial charge in [0.15, 0.2) is 0 Å². The van der Waals surface area contributed by atoms with Gasteiger partial charge in [0.2, 0.25) is 5.91 Å². The van der Waals surface area contributed by atoms with Gasteiger partial charge in [0, 0.05) is 19.0 Å². The van der Waals surface area contributed by atoms with Gasteiger partial charge in [0.25, 0.3) is 0 Å². The number of rotatable bonds is 5. The lowest BCUT2D eigenvalue weighted by Crippen LogP contribution is -2.37. The van der Waals surface area contributed by atoms with Gasteiger partial charge in [-0.1, -0.05) is 18.2 Å². The van der Waals surface area contributed by atoms with E-state index in [4.69, 9.17) is 5.73 Å². The number of aryl methyl sites for hydroxylation is 1.